The number of ether oxygens (including phenoxy) is 1. The maximum atomic E-state index is 9.00. The number of anilines is 1. The average Bonchev–Trinajstić information content (AvgIpc) is 2.83. The molecule has 3 aromatic rings. The summed E-state index contributed by atoms with van der Waals surface area (Å²) < 4.78 is 6.84. The van der Waals surface area contributed by atoms with Gasteiger partial charge < -0.3 is 10.5 Å². The van der Waals surface area contributed by atoms with Gasteiger partial charge in [-0.1, -0.05) is 0 Å². The number of nitrogens with two attached hydrogens (primary N) is 1. The number of rotatable bonds is 1. The van der Waals surface area contributed by atoms with Gasteiger partial charge in [0.2, 0.25) is 0 Å². The van der Waals surface area contributed by atoms with Gasteiger partial charge in [-0.15, -0.1) is 0 Å². The molecule has 0 radical (unpaired) electrons. The highest BCUT2D eigenvalue weighted by Crippen LogP contribution is 2.25. The molecule has 2 heterocycles. The molecule has 0 saturated heterocycles. The van der Waals surface area contributed by atoms with Gasteiger partial charge in [-0.25, -0.2) is 9.50 Å². The molecule has 6 nitrogen and oxygen atoms in total. The molecule has 0 bridgehead atoms. The first kappa shape index (κ1) is 9.54. The zero-order chi connectivity index (χ0) is 12.0. The molecule has 84 valence electrons. The number of fused-ring (bicyclic) bond motifs is 3. The smallest absolute Gasteiger partial charge is 0.174 e. The summed E-state index contributed by atoms with van der Waals surface area (Å²) in [4.78, 5) is 4.36. The SMILES string of the molecule is COc1ccc2nc3c(C#N)c(N)[nH]n3c2c1. The van der Waals surface area contributed by atoms with E-state index in [1.165, 1.54) is 0 Å². The van der Waals surface area contributed by atoms with Crippen molar-refractivity contribution in [1.29, 1.82) is 5.26 Å². The van der Waals surface area contributed by atoms with Crippen molar-refractivity contribution >= 4 is 22.5 Å². The number of imidazole rings is 1. The molecule has 17 heavy (non-hydrogen) atoms. The zero-order valence-electron chi connectivity index (χ0n) is 9.06. The van der Waals surface area contributed by atoms with Crippen LogP contribution in [-0.4, -0.2) is 21.7 Å². The Labute approximate surface area is 96.2 Å². The highest BCUT2D eigenvalue weighted by Gasteiger charge is 2.14. The second-order valence-corrected chi connectivity index (χ2v) is 3.64. The molecule has 6 heteroatoms. The third-order valence-corrected chi connectivity index (χ3v) is 2.70. The maximum absolute atomic E-state index is 9.00. The van der Waals surface area contributed by atoms with Gasteiger partial charge >= 0.3 is 0 Å². The lowest BCUT2D eigenvalue weighted by Gasteiger charge is -1.98. The largest absolute Gasteiger partial charge is 0.497 e. The molecule has 0 fully saturated rings. The number of hydrogen-bond acceptors (Lipinski definition) is 4. The Bertz CT molecular complexity index is 761. The average molecular weight is 227 g/mol. The molecule has 0 aliphatic heterocycles. The van der Waals surface area contributed by atoms with Crippen LogP contribution in [0.1, 0.15) is 5.56 Å². The molecule has 3 N–H and O–H groups in total. The molecule has 0 atom stereocenters. The maximum Gasteiger partial charge on any atom is 0.174 e. The molecule has 0 aliphatic carbocycles. The zero-order valence-corrected chi connectivity index (χ0v) is 9.06. The van der Waals surface area contributed by atoms with Crippen molar-refractivity contribution in [2.75, 3.05) is 12.8 Å². The molecule has 3 rings (SSSR count). The third kappa shape index (κ3) is 1.16. The summed E-state index contributed by atoms with van der Waals surface area (Å²) in [6, 6.07) is 7.54. The quantitative estimate of drug-likeness (QED) is 0.655. The molecule has 0 aliphatic rings. The Morgan fingerprint density at radius 3 is 3.06 bits per heavy atom. The van der Waals surface area contributed by atoms with Gasteiger partial charge in [0, 0.05) is 6.07 Å². The number of methoxy groups -OCH3 is 1. The number of nitriles is 1. The standard InChI is InChI=1S/C11H9N5O/c1-17-6-2-3-8-9(4-6)16-11(14-8)7(5-12)10(13)15-16/h2-4,15H,13H2,1H3. The van der Waals surface area contributed by atoms with Crippen molar-refractivity contribution in [2.45, 2.75) is 0 Å². The number of hydrogen-bond donors (Lipinski definition) is 2. The van der Waals surface area contributed by atoms with Gasteiger partial charge in [0.15, 0.2) is 5.65 Å². The monoisotopic (exact) mass is 227 g/mol. The second-order valence-electron chi connectivity index (χ2n) is 3.64. The number of benzene rings is 1. The van der Waals surface area contributed by atoms with Crippen LogP contribution in [0, 0.1) is 11.3 Å². The summed E-state index contributed by atoms with van der Waals surface area (Å²) in [7, 11) is 1.60. The van der Waals surface area contributed by atoms with E-state index in [1.54, 1.807) is 11.6 Å². The van der Waals surface area contributed by atoms with Crippen molar-refractivity contribution in [3.8, 4) is 11.8 Å². The lowest BCUT2D eigenvalue weighted by atomic mass is 10.3. The molecular formula is C11H9N5O. The van der Waals surface area contributed by atoms with E-state index in [0.717, 1.165) is 16.8 Å². The van der Waals surface area contributed by atoms with Crippen molar-refractivity contribution in [3.05, 3.63) is 23.8 Å². The van der Waals surface area contributed by atoms with Gasteiger partial charge in [0.05, 0.1) is 18.1 Å². The number of nitrogen functional groups attached to an aromatic ring is 1. The molecule has 2 aromatic heterocycles. The van der Waals surface area contributed by atoms with Crippen LogP contribution in [0.5, 0.6) is 5.75 Å². The molecule has 0 unspecified atom stereocenters. The Hall–Kier alpha value is -2.68. The van der Waals surface area contributed by atoms with E-state index < -0.39 is 0 Å². The molecule has 0 spiro atoms. The minimum atomic E-state index is 0.319. The van der Waals surface area contributed by atoms with E-state index in [4.69, 9.17) is 15.7 Å². The normalized spacial score (nSPS) is 10.8. The minimum Gasteiger partial charge on any atom is -0.497 e. The van der Waals surface area contributed by atoms with Gasteiger partial charge in [-0.05, 0) is 12.1 Å². The van der Waals surface area contributed by atoms with Crippen molar-refractivity contribution in [1.82, 2.24) is 14.6 Å². The predicted octanol–water partition coefficient (Wildman–Crippen LogP) is 1.28. The Morgan fingerprint density at radius 2 is 2.35 bits per heavy atom. The summed E-state index contributed by atoms with van der Waals surface area (Å²) in [5, 5.41) is 11.9. The minimum absolute atomic E-state index is 0.319. The van der Waals surface area contributed by atoms with E-state index in [2.05, 4.69) is 10.1 Å². The fourth-order valence-electron chi connectivity index (χ4n) is 1.87. The topological polar surface area (TPSA) is 92.1 Å². The van der Waals surface area contributed by atoms with Crippen LogP contribution in [0.2, 0.25) is 0 Å². The summed E-state index contributed by atoms with van der Waals surface area (Å²) in [5.74, 6) is 1.05. The van der Waals surface area contributed by atoms with Crippen LogP contribution in [-0.2, 0) is 0 Å². The van der Waals surface area contributed by atoms with Crippen LogP contribution in [0.3, 0.4) is 0 Å². The van der Waals surface area contributed by atoms with E-state index in [9.17, 15) is 0 Å². The Morgan fingerprint density at radius 1 is 1.53 bits per heavy atom. The Kier molecular flexibility index (Phi) is 1.77. The van der Waals surface area contributed by atoms with Crippen LogP contribution < -0.4 is 10.5 Å². The van der Waals surface area contributed by atoms with E-state index in [-0.39, 0.29) is 0 Å². The number of nitrogens with zero attached hydrogens (tertiary/aromatic N) is 3. The summed E-state index contributed by atoms with van der Waals surface area (Å²) >= 11 is 0. The van der Waals surface area contributed by atoms with E-state index in [0.29, 0.717) is 17.0 Å². The fraction of sp³-hybridized carbons (Fsp3) is 0.0909. The van der Waals surface area contributed by atoms with Crippen LogP contribution >= 0.6 is 0 Å². The fourth-order valence-corrected chi connectivity index (χ4v) is 1.87. The molecule has 0 amide bonds. The first-order valence-corrected chi connectivity index (χ1v) is 4.98. The molecule has 0 saturated carbocycles. The first-order valence-electron chi connectivity index (χ1n) is 4.98. The van der Waals surface area contributed by atoms with E-state index in [1.807, 2.05) is 24.3 Å². The van der Waals surface area contributed by atoms with Crippen LogP contribution in [0.15, 0.2) is 18.2 Å². The van der Waals surface area contributed by atoms with Gasteiger partial charge in [0.25, 0.3) is 0 Å². The summed E-state index contributed by atoms with van der Waals surface area (Å²) in [6.45, 7) is 0. The lowest BCUT2D eigenvalue weighted by Crippen LogP contribution is -1.90. The third-order valence-electron chi connectivity index (χ3n) is 2.70. The summed E-state index contributed by atoms with van der Waals surface area (Å²) in [6.07, 6.45) is 0. The molecular weight excluding hydrogens is 218 g/mol. The highest BCUT2D eigenvalue weighted by atomic mass is 16.5. The van der Waals surface area contributed by atoms with Gasteiger partial charge in [0.1, 0.15) is 23.2 Å². The predicted molar refractivity (Wildman–Crippen MR) is 62.7 cm³/mol. The molecule has 1 aromatic carbocycles. The van der Waals surface area contributed by atoms with Gasteiger partial charge in [-0.2, -0.15) is 5.26 Å². The van der Waals surface area contributed by atoms with Gasteiger partial charge in [-0.3, -0.25) is 5.10 Å². The number of aromatic amines is 1. The van der Waals surface area contributed by atoms with Crippen molar-refractivity contribution in [3.63, 3.8) is 0 Å². The number of aromatic nitrogens is 3. The highest BCUT2D eigenvalue weighted by molar-refractivity contribution is 5.85. The van der Waals surface area contributed by atoms with Crippen molar-refractivity contribution < 1.29 is 4.74 Å². The number of H-pyrrole nitrogens is 1. The van der Waals surface area contributed by atoms with Crippen LogP contribution in [0.4, 0.5) is 5.82 Å². The first-order chi connectivity index (χ1) is 8.24. The number of nitrogens with one attached hydrogen (secondary N) is 1. The van der Waals surface area contributed by atoms with Crippen molar-refractivity contribution in [2.24, 2.45) is 0 Å². The van der Waals surface area contributed by atoms with Crippen LogP contribution in [0.25, 0.3) is 16.7 Å². The van der Waals surface area contributed by atoms with E-state index >= 15 is 0 Å². The second kappa shape index (κ2) is 3.15. The summed E-state index contributed by atoms with van der Waals surface area (Å²) in [5.41, 5.74) is 8.21. The Balaban J connectivity index is 2.46. The lowest BCUT2D eigenvalue weighted by molar-refractivity contribution is 0.415.